The normalized spacial score (nSPS) is 8.25. The Morgan fingerprint density at radius 3 is 2.38 bits per heavy atom. The molecule has 8 heavy (non-hydrogen) atoms. The fourth-order valence-electron chi connectivity index (χ4n) is 0.245. The molecule has 0 aromatic carbocycles. The highest BCUT2D eigenvalue weighted by Gasteiger charge is 1.87. The molecule has 46 valence electrons. The summed E-state index contributed by atoms with van der Waals surface area (Å²) >= 11 is 1.36. The molecule has 2 N–H and O–H groups in total. The Kier molecular flexibility index (Phi) is 3.35. The molecule has 0 aliphatic carbocycles. The molecule has 2 nitrogen and oxygen atoms in total. The number of hydrogen-bond donors (Lipinski definition) is 2. The maximum atomic E-state index is 7.06. The van der Waals surface area contributed by atoms with Crippen molar-refractivity contribution in [3.8, 4) is 0 Å². The van der Waals surface area contributed by atoms with Gasteiger partial charge in [-0.2, -0.15) is 0 Å². The van der Waals surface area contributed by atoms with Crippen LogP contribution in [0.25, 0.3) is 0 Å². The zero-order chi connectivity index (χ0) is 6.57. The van der Waals surface area contributed by atoms with E-state index in [0.717, 1.165) is 5.70 Å². The maximum Gasteiger partial charge on any atom is 0.157 e. The van der Waals surface area contributed by atoms with Gasteiger partial charge < -0.3 is 5.32 Å². The van der Waals surface area contributed by atoms with Gasteiger partial charge in [0.05, 0.1) is 0 Å². The van der Waals surface area contributed by atoms with Crippen LogP contribution in [-0.2, 0) is 0 Å². The van der Waals surface area contributed by atoms with Crippen molar-refractivity contribution in [3.63, 3.8) is 0 Å². The molecule has 0 saturated heterocycles. The molecule has 0 radical (unpaired) electrons. The van der Waals surface area contributed by atoms with Gasteiger partial charge in [-0.25, -0.2) is 0 Å². The number of rotatable bonds is 1. The van der Waals surface area contributed by atoms with Crippen LogP contribution in [0.3, 0.4) is 0 Å². The Hall–Kier alpha value is -0.440. The van der Waals surface area contributed by atoms with E-state index in [9.17, 15) is 0 Å². The van der Waals surface area contributed by atoms with Crippen LogP contribution < -0.4 is 5.32 Å². The highest BCUT2D eigenvalue weighted by atomic mass is 32.2. The quantitative estimate of drug-likeness (QED) is 0.416. The monoisotopic (exact) mass is 130 g/mol. The van der Waals surface area contributed by atoms with E-state index in [0.29, 0.717) is 5.17 Å². The fourth-order valence-corrected chi connectivity index (χ4v) is 0.521. The molecule has 0 aromatic rings. The largest absolute Gasteiger partial charge is 0.340 e. The van der Waals surface area contributed by atoms with Gasteiger partial charge in [0.15, 0.2) is 5.17 Å². The van der Waals surface area contributed by atoms with Crippen molar-refractivity contribution in [1.29, 1.82) is 5.41 Å². The first-order valence-electron chi connectivity index (χ1n) is 2.22. The summed E-state index contributed by atoms with van der Waals surface area (Å²) in [7, 11) is 0. The molecule has 0 aliphatic heterocycles. The minimum absolute atomic E-state index is 0.442. The molecule has 0 amide bonds. The average molecular weight is 130 g/mol. The molecule has 0 atom stereocenters. The fraction of sp³-hybridized carbons (Fsp3) is 0.400. The lowest BCUT2D eigenvalue weighted by molar-refractivity contribution is 1.13. The Labute approximate surface area is 53.9 Å². The zero-order valence-corrected chi connectivity index (χ0v) is 5.93. The van der Waals surface area contributed by atoms with Gasteiger partial charge in [-0.1, -0.05) is 18.3 Å². The van der Waals surface area contributed by atoms with Gasteiger partial charge in [-0.15, -0.1) is 0 Å². The molecule has 0 unspecified atom stereocenters. The van der Waals surface area contributed by atoms with E-state index < -0.39 is 0 Å². The lowest BCUT2D eigenvalue weighted by Gasteiger charge is -2.00. The van der Waals surface area contributed by atoms with Crippen LogP contribution in [0.4, 0.5) is 0 Å². The van der Waals surface area contributed by atoms with E-state index in [2.05, 4.69) is 11.9 Å². The van der Waals surface area contributed by atoms with E-state index in [1.54, 1.807) is 0 Å². The summed E-state index contributed by atoms with van der Waals surface area (Å²) in [4.78, 5) is 0. The van der Waals surface area contributed by atoms with Gasteiger partial charge in [0.25, 0.3) is 0 Å². The van der Waals surface area contributed by atoms with Crippen LogP contribution in [-0.4, -0.2) is 11.4 Å². The van der Waals surface area contributed by atoms with Crippen molar-refractivity contribution in [1.82, 2.24) is 5.32 Å². The first-order valence-corrected chi connectivity index (χ1v) is 3.44. The Balaban J connectivity index is 3.40. The standard InChI is InChI=1S/C5H10N2S/c1-4(2)7-5(6)8-3/h1H2,2-3H3,(H2,6,7). The van der Waals surface area contributed by atoms with Crippen LogP contribution in [0, 0.1) is 5.41 Å². The van der Waals surface area contributed by atoms with Crippen molar-refractivity contribution in [3.05, 3.63) is 12.3 Å². The summed E-state index contributed by atoms with van der Waals surface area (Å²) in [5.74, 6) is 0. The third-order valence-corrected chi connectivity index (χ3v) is 1.04. The van der Waals surface area contributed by atoms with Crippen molar-refractivity contribution < 1.29 is 0 Å². The summed E-state index contributed by atoms with van der Waals surface area (Å²) in [5, 5.41) is 10.2. The van der Waals surface area contributed by atoms with Gasteiger partial charge in [0.1, 0.15) is 0 Å². The minimum atomic E-state index is 0.442. The maximum absolute atomic E-state index is 7.06. The summed E-state index contributed by atoms with van der Waals surface area (Å²) in [6.07, 6.45) is 1.85. The van der Waals surface area contributed by atoms with E-state index >= 15 is 0 Å². The van der Waals surface area contributed by atoms with E-state index in [4.69, 9.17) is 5.41 Å². The summed E-state index contributed by atoms with van der Waals surface area (Å²) < 4.78 is 0. The van der Waals surface area contributed by atoms with Gasteiger partial charge in [0.2, 0.25) is 0 Å². The van der Waals surface area contributed by atoms with Crippen LogP contribution in [0.15, 0.2) is 12.3 Å². The topological polar surface area (TPSA) is 35.9 Å². The molecule has 3 heteroatoms. The third kappa shape index (κ3) is 3.74. The van der Waals surface area contributed by atoms with Crippen LogP contribution in [0.1, 0.15) is 6.92 Å². The second-order valence-electron chi connectivity index (χ2n) is 1.44. The van der Waals surface area contributed by atoms with Crippen LogP contribution in [0.2, 0.25) is 0 Å². The minimum Gasteiger partial charge on any atom is -0.340 e. The first-order chi connectivity index (χ1) is 3.66. The van der Waals surface area contributed by atoms with Gasteiger partial charge in [-0.3, -0.25) is 5.41 Å². The van der Waals surface area contributed by atoms with Crippen molar-refractivity contribution in [2.75, 3.05) is 6.26 Å². The van der Waals surface area contributed by atoms with E-state index in [1.165, 1.54) is 11.8 Å². The van der Waals surface area contributed by atoms with Crippen LogP contribution in [0.5, 0.6) is 0 Å². The van der Waals surface area contributed by atoms with E-state index in [-0.39, 0.29) is 0 Å². The van der Waals surface area contributed by atoms with Gasteiger partial charge in [0, 0.05) is 5.70 Å². The molecule has 0 rings (SSSR count). The molecule has 0 spiro atoms. The number of allylic oxidation sites excluding steroid dienone is 1. The lowest BCUT2D eigenvalue weighted by Crippen LogP contribution is -2.15. The molecule has 0 aliphatic rings. The summed E-state index contributed by atoms with van der Waals surface area (Å²) in [6, 6.07) is 0. The second-order valence-corrected chi connectivity index (χ2v) is 2.26. The smallest absolute Gasteiger partial charge is 0.157 e. The Morgan fingerprint density at radius 1 is 1.75 bits per heavy atom. The highest BCUT2D eigenvalue weighted by Crippen LogP contribution is 1.92. The second kappa shape index (κ2) is 3.55. The number of nitrogens with one attached hydrogen (secondary N) is 2. The molecule has 0 saturated carbocycles. The van der Waals surface area contributed by atoms with Crippen molar-refractivity contribution >= 4 is 16.9 Å². The SMILES string of the molecule is C=C(C)NC(=N)SC. The highest BCUT2D eigenvalue weighted by molar-refractivity contribution is 8.13. The number of hydrogen-bond acceptors (Lipinski definition) is 2. The molecular formula is C5H10N2S. The molecule has 0 bridgehead atoms. The summed E-state index contributed by atoms with van der Waals surface area (Å²) in [6.45, 7) is 5.40. The van der Waals surface area contributed by atoms with Gasteiger partial charge >= 0.3 is 0 Å². The lowest BCUT2D eigenvalue weighted by atomic mass is 10.6. The van der Waals surface area contributed by atoms with Gasteiger partial charge in [-0.05, 0) is 13.2 Å². The predicted molar refractivity (Wildman–Crippen MR) is 39.2 cm³/mol. The Bertz CT molecular complexity index is 109. The molecular weight excluding hydrogens is 120 g/mol. The molecule has 0 fully saturated rings. The van der Waals surface area contributed by atoms with Crippen molar-refractivity contribution in [2.24, 2.45) is 0 Å². The number of amidine groups is 1. The molecule has 0 aromatic heterocycles. The summed E-state index contributed by atoms with van der Waals surface area (Å²) in [5.41, 5.74) is 0.810. The van der Waals surface area contributed by atoms with Crippen LogP contribution >= 0.6 is 11.8 Å². The predicted octanol–water partition coefficient (Wildman–Crippen LogP) is 1.41. The zero-order valence-electron chi connectivity index (χ0n) is 5.12. The number of thioether (sulfide) groups is 1. The first kappa shape index (κ1) is 7.56. The Morgan fingerprint density at radius 2 is 2.25 bits per heavy atom. The van der Waals surface area contributed by atoms with E-state index in [1.807, 2.05) is 13.2 Å². The molecule has 0 heterocycles. The van der Waals surface area contributed by atoms with Crippen molar-refractivity contribution in [2.45, 2.75) is 6.92 Å². The third-order valence-electron chi connectivity index (χ3n) is 0.531. The average Bonchev–Trinajstić information content (AvgIpc) is 1.65.